The number of hydrazine groups is 1. The van der Waals surface area contributed by atoms with E-state index in [1.807, 2.05) is 6.21 Å². The Morgan fingerprint density at radius 2 is 1.70 bits per heavy atom. The Bertz CT molecular complexity index is 1740. The van der Waals surface area contributed by atoms with Gasteiger partial charge < -0.3 is 5.43 Å². The quantitative estimate of drug-likeness (QED) is 0.390. The van der Waals surface area contributed by atoms with Crippen molar-refractivity contribution < 1.29 is 0 Å². The molecule has 0 amide bonds. The largest absolute Gasteiger partial charge is 0.300 e. The second-order valence-corrected chi connectivity index (χ2v) is 11.6. The highest BCUT2D eigenvalue weighted by Gasteiger charge is 2.32. The number of nitrogens with one attached hydrogen (secondary N) is 1. The number of nitrogens with zero attached hydrogens (tertiary/aromatic N) is 3. The van der Waals surface area contributed by atoms with Crippen LogP contribution in [0.25, 0.3) is 17.7 Å². The van der Waals surface area contributed by atoms with Gasteiger partial charge in [-0.3, -0.25) is 4.99 Å². The fraction of sp³-hybridized carbons (Fsp3) is 0.250. The molecule has 2 heterocycles. The number of allylic oxidation sites excluding steroid dienone is 11. The van der Waals surface area contributed by atoms with E-state index in [0.717, 1.165) is 43.5 Å². The topological polar surface area (TPSA) is 40.0 Å². The lowest BCUT2D eigenvalue weighted by molar-refractivity contribution is 0.158. The molecule has 0 bridgehead atoms. The molecule has 0 saturated carbocycles. The molecule has 0 radical (unpaired) electrons. The molecule has 222 valence electrons. The molecule has 2 aromatic carbocycles. The maximum Gasteiger partial charge on any atom is 0.147 e. The molecule has 3 atom stereocenters. The minimum absolute atomic E-state index is 0.118. The Hall–Kier alpha value is -4.54. The first kappa shape index (κ1) is 29.5. The van der Waals surface area contributed by atoms with Gasteiger partial charge in [0, 0.05) is 29.3 Å². The number of rotatable bonds is 6. The lowest BCUT2D eigenvalue weighted by atomic mass is 9.93. The van der Waals surface area contributed by atoms with Gasteiger partial charge in [-0.2, -0.15) is 5.01 Å². The smallest absolute Gasteiger partial charge is 0.147 e. The van der Waals surface area contributed by atoms with E-state index in [1.54, 1.807) is 0 Å². The molecule has 2 aromatic rings. The van der Waals surface area contributed by atoms with Crippen molar-refractivity contribution in [3.63, 3.8) is 0 Å². The minimum Gasteiger partial charge on any atom is -0.300 e. The van der Waals surface area contributed by atoms with Crippen molar-refractivity contribution in [2.75, 3.05) is 0 Å². The van der Waals surface area contributed by atoms with Crippen molar-refractivity contribution in [1.82, 2.24) is 10.4 Å². The van der Waals surface area contributed by atoms with Crippen LogP contribution >= 0.6 is 0 Å². The average molecular weight is 579 g/mol. The molecular formula is C40H42N4. The van der Waals surface area contributed by atoms with Crippen molar-refractivity contribution in [2.45, 2.75) is 58.2 Å². The Morgan fingerprint density at radius 3 is 2.55 bits per heavy atom. The van der Waals surface area contributed by atoms with E-state index < -0.39 is 0 Å². The van der Waals surface area contributed by atoms with Crippen molar-refractivity contribution in [3.05, 3.63) is 148 Å². The predicted molar refractivity (Wildman–Crippen MR) is 187 cm³/mol. The first-order chi connectivity index (χ1) is 21.7. The van der Waals surface area contributed by atoms with Crippen LogP contribution in [0.5, 0.6) is 0 Å². The van der Waals surface area contributed by atoms with E-state index >= 15 is 0 Å². The Balaban J connectivity index is 1.31. The van der Waals surface area contributed by atoms with E-state index in [4.69, 9.17) is 9.98 Å². The van der Waals surface area contributed by atoms with E-state index in [2.05, 4.69) is 152 Å². The number of hydrogen-bond acceptors (Lipinski definition) is 4. The number of aliphatic imine (C=N–C) groups is 2. The molecule has 4 heteroatoms. The first-order valence-corrected chi connectivity index (χ1v) is 16.0. The zero-order chi connectivity index (χ0) is 30.1. The first-order valence-electron chi connectivity index (χ1n) is 16.0. The second-order valence-electron chi connectivity index (χ2n) is 11.6. The van der Waals surface area contributed by atoms with Crippen molar-refractivity contribution >= 4 is 29.8 Å². The molecule has 0 saturated heterocycles. The molecule has 2 aliphatic carbocycles. The Labute approximate surface area is 262 Å². The second kappa shape index (κ2) is 14.3. The Morgan fingerprint density at radius 1 is 0.909 bits per heavy atom. The van der Waals surface area contributed by atoms with Crippen LogP contribution in [0.15, 0.2) is 137 Å². The van der Waals surface area contributed by atoms with E-state index in [1.165, 1.54) is 32.8 Å². The van der Waals surface area contributed by atoms with Gasteiger partial charge in [0.1, 0.15) is 12.0 Å². The van der Waals surface area contributed by atoms with Crippen LogP contribution < -0.4 is 15.9 Å². The third kappa shape index (κ3) is 6.82. The van der Waals surface area contributed by atoms with Crippen molar-refractivity contribution in [2.24, 2.45) is 15.9 Å². The highest BCUT2D eigenvalue weighted by molar-refractivity contribution is 6.00. The summed E-state index contributed by atoms with van der Waals surface area (Å²) < 4.78 is 0. The van der Waals surface area contributed by atoms with Crippen molar-refractivity contribution in [1.29, 1.82) is 0 Å². The highest BCUT2D eigenvalue weighted by Crippen LogP contribution is 2.34. The summed E-state index contributed by atoms with van der Waals surface area (Å²) in [7, 11) is 0. The predicted octanol–water partition coefficient (Wildman–Crippen LogP) is 7.35. The fourth-order valence-electron chi connectivity index (χ4n) is 6.16. The molecule has 2 aliphatic heterocycles. The normalized spacial score (nSPS) is 24.8. The van der Waals surface area contributed by atoms with E-state index in [-0.39, 0.29) is 12.2 Å². The van der Waals surface area contributed by atoms with E-state index in [0.29, 0.717) is 5.92 Å². The van der Waals surface area contributed by atoms with Gasteiger partial charge in [-0.15, -0.1) is 0 Å². The van der Waals surface area contributed by atoms with Crippen LogP contribution in [-0.2, 0) is 0 Å². The third-order valence-corrected chi connectivity index (χ3v) is 8.63. The average Bonchev–Trinajstić information content (AvgIpc) is 3.41. The molecule has 0 fully saturated rings. The molecule has 4 aliphatic rings. The molecular weight excluding hydrogens is 536 g/mol. The summed E-state index contributed by atoms with van der Waals surface area (Å²) in [6, 6.07) is 17.6. The molecule has 1 N–H and O–H groups in total. The molecule has 3 unspecified atom stereocenters. The fourth-order valence-corrected chi connectivity index (χ4v) is 6.16. The molecule has 4 nitrogen and oxygen atoms in total. The molecule has 0 spiro atoms. The van der Waals surface area contributed by atoms with E-state index in [9.17, 15) is 0 Å². The summed E-state index contributed by atoms with van der Waals surface area (Å²) in [5.74, 6) is 1.28. The number of benzene rings is 2. The highest BCUT2D eigenvalue weighted by atomic mass is 15.6. The SMILES string of the molecule is C/C=c1/cccc/c1=C/CC(C)N1NC(c2ccc(C3=C4N=CC=CC4CCC=C3)cc2)=NC1C1=CC/C=C\C=C/CC=C1. The van der Waals surface area contributed by atoms with Crippen LogP contribution in [0, 0.1) is 5.92 Å². The third-order valence-electron chi connectivity index (χ3n) is 8.63. The summed E-state index contributed by atoms with van der Waals surface area (Å²) in [5, 5.41) is 4.86. The summed E-state index contributed by atoms with van der Waals surface area (Å²) in [6.07, 6.45) is 35.5. The monoisotopic (exact) mass is 578 g/mol. The van der Waals surface area contributed by atoms with Gasteiger partial charge in [-0.05, 0) is 73.6 Å². The van der Waals surface area contributed by atoms with Gasteiger partial charge in [-0.25, -0.2) is 4.99 Å². The van der Waals surface area contributed by atoms with Crippen LogP contribution in [0.1, 0.15) is 57.1 Å². The summed E-state index contributed by atoms with van der Waals surface area (Å²) >= 11 is 0. The number of amidine groups is 1. The number of fused-ring (bicyclic) bond motifs is 1. The number of dihydropyridines is 1. The van der Waals surface area contributed by atoms with Gasteiger partial charge in [-0.1, -0.05) is 121 Å². The summed E-state index contributed by atoms with van der Waals surface area (Å²) in [5.41, 5.74) is 9.60. The van der Waals surface area contributed by atoms with Crippen LogP contribution in [0.2, 0.25) is 0 Å². The molecule has 44 heavy (non-hydrogen) atoms. The lowest BCUT2D eigenvalue weighted by Gasteiger charge is -2.29. The van der Waals surface area contributed by atoms with Crippen LogP contribution in [0.4, 0.5) is 0 Å². The van der Waals surface area contributed by atoms with Gasteiger partial charge in [0.25, 0.3) is 0 Å². The summed E-state index contributed by atoms with van der Waals surface area (Å²) in [6.45, 7) is 4.38. The molecule has 6 rings (SSSR count). The number of hydrogen-bond donors (Lipinski definition) is 1. The van der Waals surface area contributed by atoms with Gasteiger partial charge in [0.05, 0.1) is 5.70 Å². The van der Waals surface area contributed by atoms with Crippen LogP contribution in [-0.4, -0.2) is 29.3 Å². The standard InChI is InChI=1S/C40H42N4/c1-3-31-16-11-12-17-32(31)24-23-30(2)44-40(36-19-9-7-5-4-6-8-10-20-36)42-39(43-44)35-27-25-33(26-28-35)37-22-14-13-18-34-21-15-29-41-38(34)37/h3-7,10-12,14-17,19-22,24-30,34,40H,8-9,13,18,23H2,1-2H3,(H,42,43)/b6-4-,7-5-,20-10?,31-3-,32-24-,36-19?. The van der Waals surface area contributed by atoms with Crippen LogP contribution in [0.3, 0.4) is 0 Å². The maximum absolute atomic E-state index is 5.31. The maximum atomic E-state index is 5.31. The lowest BCUT2D eigenvalue weighted by Crippen LogP contribution is -2.47. The van der Waals surface area contributed by atoms with Gasteiger partial charge in [0.15, 0.2) is 0 Å². The zero-order valence-electron chi connectivity index (χ0n) is 25.8. The Kier molecular flexibility index (Phi) is 9.59. The van der Waals surface area contributed by atoms with Crippen molar-refractivity contribution in [3.8, 4) is 0 Å². The molecule has 0 aromatic heterocycles. The minimum atomic E-state index is -0.118. The van der Waals surface area contributed by atoms with Gasteiger partial charge in [0.2, 0.25) is 0 Å². The zero-order valence-corrected chi connectivity index (χ0v) is 25.8. The summed E-state index contributed by atoms with van der Waals surface area (Å²) in [4.78, 5) is 10.1. The van der Waals surface area contributed by atoms with Gasteiger partial charge >= 0.3 is 0 Å².